The largest absolute Gasteiger partial charge is 0.495 e. The van der Waals surface area contributed by atoms with E-state index >= 15 is 0 Å². The minimum absolute atomic E-state index is 0.000724. The van der Waals surface area contributed by atoms with Crippen LogP contribution < -0.4 is 9.46 Å². The molecule has 0 fully saturated rings. The number of ether oxygens (including phenoxy) is 1. The van der Waals surface area contributed by atoms with E-state index in [1.54, 1.807) is 25.1 Å². The third-order valence-electron chi connectivity index (χ3n) is 3.40. The molecule has 0 aromatic heterocycles. The number of anilines is 1. The molecule has 0 aliphatic heterocycles. The number of sulfonamides is 1. The molecule has 128 valence electrons. The molecule has 2 rings (SSSR count). The van der Waals surface area contributed by atoms with E-state index in [9.17, 15) is 18.5 Å². The summed E-state index contributed by atoms with van der Waals surface area (Å²) in [7, 11) is -2.66. The van der Waals surface area contributed by atoms with Crippen LogP contribution in [0.4, 0.5) is 11.4 Å². The Labute approximate surface area is 144 Å². The van der Waals surface area contributed by atoms with Crippen LogP contribution in [0, 0.1) is 24.0 Å². The zero-order chi connectivity index (χ0) is 18.1. The van der Waals surface area contributed by atoms with Crippen LogP contribution in [0.25, 0.3) is 0 Å². The fraction of sp³-hybridized carbons (Fsp3) is 0.200. The van der Waals surface area contributed by atoms with Crippen molar-refractivity contribution in [3.63, 3.8) is 0 Å². The Morgan fingerprint density at radius 1 is 1.21 bits per heavy atom. The summed E-state index contributed by atoms with van der Waals surface area (Å²) in [4.78, 5) is 10.1. The maximum absolute atomic E-state index is 12.6. The highest BCUT2D eigenvalue weighted by atomic mass is 35.5. The maximum atomic E-state index is 12.6. The lowest BCUT2D eigenvalue weighted by Crippen LogP contribution is -2.14. The van der Waals surface area contributed by atoms with Crippen LogP contribution in [0.3, 0.4) is 0 Å². The quantitative estimate of drug-likeness (QED) is 0.639. The van der Waals surface area contributed by atoms with Crippen molar-refractivity contribution in [3.05, 3.63) is 56.6 Å². The first-order valence-electron chi connectivity index (χ1n) is 6.77. The zero-order valence-electron chi connectivity index (χ0n) is 13.2. The van der Waals surface area contributed by atoms with E-state index in [1.165, 1.54) is 20.1 Å². The lowest BCUT2D eigenvalue weighted by Gasteiger charge is -2.13. The van der Waals surface area contributed by atoms with Crippen LogP contribution in [-0.4, -0.2) is 20.5 Å². The second kappa shape index (κ2) is 6.66. The molecule has 0 saturated carbocycles. The normalized spacial score (nSPS) is 11.2. The first kappa shape index (κ1) is 18.0. The molecule has 0 saturated heterocycles. The van der Waals surface area contributed by atoms with Gasteiger partial charge in [-0.1, -0.05) is 17.7 Å². The molecule has 0 atom stereocenters. The van der Waals surface area contributed by atoms with E-state index in [-0.39, 0.29) is 26.9 Å². The van der Waals surface area contributed by atoms with Crippen molar-refractivity contribution in [2.45, 2.75) is 18.7 Å². The monoisotopic (exact) mass is 370 g/mol. The molecule has 0 aliphatic carbocycles. The zero-order valence-corrected chi connectivity index (χ0v) is 14.7. The summed E-state index contributed by atoms with van der Waals surface area (Å²) < 4.78 is 32.6. The molecule has 1 N–H and O–H groups in total. The molecule has 0 amide bonds. The van der Waals surface area contributed by atoms with Crippen LogP contribution in [0.5, 0.6) is 5.75 Å². The molecule has 0 unspecified atom stereocenters. The van der Waals surface area contributed by atoms with Gasteiger partial charge in [-0.25, -0.2) is 8.42 Å². The van der Waals surface area contributed by atoms with Gasteiger partial charge < -0.3 is 4.74 Å². The molecule has 2 aromatic rings. The van der Waals surface area contributed by atoms with Crippen molar-refractivity contribution in [2.24, 2.45) is 0 Å². The van der Waals surface area contributed by atoms with E-state index in [4.69, 9.17) is 16.3 Å². The van der Waals surface area contributed by atoms with Gasteiger partial charge in [0.25, 0.3) is 15.7 Å². The molecule has 2 aromatic carbocycles. The van der Waals surface area contributed by atoms with Gasteiger partial charge in [0.2, 0.25) is 0 Å². The van der Waals surface area contributed by atoms with Gasteiger partial charge in [0.1, 0.15) is 5.75 Å². The van der Waals surface area contributed by atoms with Gasteiger partial charge in [0.05, 0.1) is 27.6 Å². The molecule has 9 heteroatoms. The summed E-state index contributed by atoms with van der Waals surface area (Å²) in [6, 6.07) is 7.14. The first-order chi connectivity index (χ1) is 11.2. The summed E-state index contributed by atoms with van der Waals surface area (Å²) >= 11 is 5.93. The number of aryl methyl sites for hydroxylation is 1. The van der Waals surface area contributed by atoms with E-state index < -0.39 is 14.9 Å². The maximum Gasteiger partial charge on any atom is 0.275 e. The number of methoxy groups -OCH3 is 1. The highest BCUT2D eigenvalue weighted by molar-refractivity contribution is 7.92. The van der Waals surface area contributed by atoms with Gasteiger partial charge in [-0.2, -0.15) is 0 Å². The average Bonchev–Trinajstić information content (AvgIpc) is 2.49. The second-order valence-electron chi connectivity index (χ2n) is 5.12. The Hall–Kier alpha value is -2.32. The number of nitrogens with one attached hydrogen (secondary N) is 1. The van der Waals surface area contributed by atoms with Crippen LogP contribution in [0.2, 0.25) is 5.02 Å². The van der Waals surface area contributed by atoms with Crippen LogP contribution >= 0.6 is 11.6 Å². The smallest absolute Gasteiger partial charge is 0.275 e. The van der Waals surface area contributed by atoms with Crippen molar-refractivity contribution in [1.29, 1.82) is 0 Å². The first-order valence-corrected chi connectivity index (χ1v) is 8.64. The Bertz CT molecular complexity index is 912. The number of benzene rings is 2. The number of nitrogens with zero attached hydrogens (tertiary/aromatic N) is 1. The number of hydrogen-bond donors (Lipinski definition) is 1. The van der Waals surface area contributed by atoms with E-state index in [0.717, 1.165) is 11.6 Å². The fourth-order valence-electron chi connectivity index (χ4n) is 2.09. The Morgan fingerprint density at radius 3 is 2.46 bits per heavy atom. The summed E-state index contributed by atoms with van der Waals surface area (Å²) in [6.45, 7) is 3.25. The predicted molar refractivity (Wildman–Crippen MR) is 91.4 cm³/mol. The van der Waals surface area contributed by atoms with E-state index in [1.807, 2.05) is 0 Å². The summed E-state index contributed by atoms with van der Waals surface area (Å²) in [6.07, 6.45) is 0. The van der Waals surface area contributed by atoms with Crippen molar-refractivity contribution in [1.82, 2.24) is 0 Å². The van der Waals surface area contributed by atoms with Crippen molar-refractivity contribution in [2.75, 3.05) is 11.8 Å². The Kier molecular flexibility index (Phi) is 5.00. The van der Waals surface area contributed by atoms with Crippen molar-refractivity contribution >= 4 is 33.0 Å². The Morgan fingerprint density at radius 2 is 1.88 bits per heavy atom. The average molecular weight is 371 g/mol. The van der Waals surface area contributed by atoms with Crippen molar-refractivity contribution < 1.29 is 18.1 Å². The third kappa shape index (κ3) is 3.60. The molecular weight excluding hydrogens is 356 g/mol. The number of rotatable bonds is 5. The van der Waals surface area contributed by atoms with Gasteiger partial charge in [-0.05, 0) is 37.6 Å². The highest BCUT2D eigenvalue weighted by Crippen LogP contribution is 2.32. The van der Waals surface area contributed by atoms with Gasteiger partial charge in [0, 0.05) is 11.6 Å². The van der Waals surface area contributed by atoms with Crippen LogP contribution in [0.15, 0.2) is 35.2 Å². The summed E-state index contributed by atoms with van der Waals surface area (Å²) in [5.41, 5.74) is 0.895. The molecule has 0 spiro atoms. The second-order valence-corrected chi connectivity index (χ2v) is 7.21. The lowest BCUT2D eigenvalue weighted by atomic mass is 10.2. The van der Waals surface area contributed by atoms with Gasteiger partial charge in [-0.15, -0.1) is 0 Å². The standard InChI is InChI=1S/C15H15ClN2O5S/c1-9-4-5-15(23-3)13(6-9)17-24(21,22)11-7-12(16)10(2)14(8-11)18(19)20/h4-8,17H,1-3H3. The number of nitro benzene ring substituents is 1. The third-order valence-corrected chi connectivity index (χ3v) is 5.13. The minimum Gasteiger partial charge on any atom is -0.495 e. The molecule has 0 bridgehead atoms. The summed E-state index contributed by atoms with van der Waals surface area (Å²) in [5, 5.41) is 11.1. The molecule has 7 nitrogen and oxygen atoms in total. The van der Waals surface area contributed by atoms with Gasteiger partial charge >= 0.3 is 0 Å². The van der Waals surface area contributed by atoms with Gasteiger partial charge in [0.15, 0.2) is 0 Å². The predicted octanol–water partition coefficient (Wildman–Crippen LogP) is 3.67. The van der Waals surface area contributed by atoms with Crippen molar-refractivity contribution in [3.8, 4) is 5.75 Å². The van der Waals surface area contributed by atoms with E-state index in [2.05, 4.69) is 4.72 Å². The van der Waals surface area contributed by atoms with Crippen LogP contribution in [-0.2, 0) is 10.0 Å². The number of nitro groups is 1. The number of hydrogen-bond acceptors (Lipinski definition) is 5. The van der Waals surface area contributed by atoms with Crippen LogP contribution in [0.1, 0.15) is 11.1 Å². The molecular formula is C15H15ClN2O5S. The number of halogens is 1. The molecule has 24 heavy (non-hydrogen) atoms. The molecule has 0 aliphatic rings. The van der Waals surface area contributed by atoms with E-state index in [0.29, 0.717) is 5.75 Å². The molecule has 0 radical (unpaired) electrons. The fourth-order valence-corrected chi connectivity index (χ4v) is 3.48. The topological polar surface area (TPSA) is 98.5 Å². The minimum atomic E-state index is -4.08. The Balaban J connectivity index is 2.53. The lowest BCUT2D eigenvalue weighted by molar-refractivity contribution is -0.385. The SMILES string of the molecule is COc1ccc(C)cc1NS(=O)(=O)c1cc(Cl)c(C)c([N+](=O)[O-])c1. The van der Waals surface area contributed by atoms with Gasteiger partial charge in [-0.3, -0.25) is 14.8 Å². The molecule has 0 heterocycles. The summed E-state index contributed by atoms with van der Waals surface area (Å²) in [5.74, 6) is 0.330. The highest BCUT2D eigenvalue weighted by Gasteiger charge is 2.23.